The van der Waals surface area contributed by atoms with E-state index in [1.165, 1.54) is 5.56 Å². The van der Waals surface area contributed by atoms with Crippen molar-refractivity contribution in [3.63, 3.8) is 0 Å². The third-order valence-electron chi connectivity index (χ3n) is 3.28. The van der Waals surface area contributed by atoms with Gasteiger partial charge in [0, 0.05) is 11.1 Å². The van der Waals surface area contributed by atoms with Crippen LogP contribution in [0.5, 0.6) is 5.75 Å². The molecule has 106 valence electrons. The summed E-state index contributed by atoms with van der Waals surface area (Å²) < 4.78 is 5.76. The smallest absolute Gasteiger partial charge is 0.119 e. The van der Waals surface area contributed by atoms with Crippen molar-refractivity contribution in [3.8, 4) is 5.75 Å². The van der Waals surface area contributed by atoms with Crippen LogP contribution in [0.15, 0.2) is 48.5 Å². The molecule has 0 aromatic heterocycles. The lowest BCUT2D eigenvalue weighted by atomic mass is 10.1. The summed E-state index contributed by atoms with van der Waals surface area (Å²) >= 11 is 5.85. The summed E-state index contributed by atoms with van der Waals surface area (Å²) in [4.78, 5) is 0. The molecule has 0 fully saturated rings. The normalized spacial score (nSPS) is 12.2. The SMILES string of the molecule is CNC(C)Cc1ccc(OCc2ccc(Cl)cc2)cc1. The van der Waals surface area contributed by atoms with E-state index in [1.807, 2.05) is 43.4 Å². The summed E-state index contributed by atoms with van der Waals surface area (Å²) in [5.41, 5.74) is 2.42. The third-order valence-corrected chi connectivity index (χ3v) is 3.53. The fourth-order valence-electron chi connectivity index (χ4n) is 1.92. The second kappa shape index (κ2) is 7.32. The van der Waals surface area contributed by atoms with Gasteiger partial charge in [0.25, 0.3) is 0 Å². The van der Waals surface area contributed by atoms with Crippen LogP contribution in [0.1, 0.15) is 18.1 Å². The number of hydrogen-bond donors (Lipinski definition) is 1. The van der Waals surface area contributed by atoms with Gasteiger partial charge >= 0.3 is 0 Å². The van der Waals surface area contributed by atoms with Gasteiger partial charge < -0.3 is 10.1 Å². The van der Waals surface area contributed by atoms with Crippen LogP contribution in [0, 0.1) is 0 Å². The van der Waals surface area contributed by atoms with Gasteiger partial charge in [-0.25, -0.2) is 0 Å². The van der Waals surface area contributed by atoms with Crippen LogP contribution in [0.3, 0.4) is 0 Å². The molecule has 20 heavy (non-hydrogen) atoms. The lowest BCUT2D eigenvalue weighted by Gasteiger charge is -2.11. The average molecular weight is 290 g/mol. The second-order valence-corrected chi connectivity index (χ2v) is 5.39. The molecule has 2 aromatic rings. The zero-order valence-electron chi connectivity index (χ0n) is 11.9. The minimum absolute atomic E-state index is 0.482. The Bertz CT molecular complexity index is 522. The van der Waals surface area contributed by atoms with E-state index in [0.29, 0.717) is 12.6 Å². The molecule has 0 heterocycles. The first-order valence-corrected chi connectivity index (χ1v) is 7.18. The number of hydrogen-bond acceptors (Lipinski definition) is 2. The minimum atomic E-state index is 0.482. The Morgan fingerprint density at radius 1 is 1.00 bits per heavy atom. The summed E-state index contributed by atoms with van der Waals surface area (Å²) in [7, 11) is 1.98. The highest BCUT2D eigenvalue weighted by Crippen LogP contribution is 2.16. The predicted molar refractivity (Wildman–Crippen MR) is 84.5 cm³/mol. The van der Waals surface area contributed by atoms with Crippen molar-refractivity contribution < 1.29 is 4.74 Å². The number of nitrogens with one attached hydrogen (secondary N) is 1. The van der Waals surface area contributed by atoms with E-state index in [2.05, 4.69) is 24.4 Å². The molecule has 0 aliphatic rings. The van der Waals surface area contributed by atoms with Crippen molar-refractivity contribution in [1.29, 1.82) is 0 Å². The Hall–Kier alpha value is -1.51. The maximum absolute atomic E-state index is 5.85. The molecule has 3 heteroatoms. The van der Waals surface area contributed by atoms with Crippen molar-refractivity contribution >= 4 is 11.6 Å². The average Bonchev–Trinajstić information content (AvgIpc) is 2.48. The Balaban J connectivity index is 1.89. The Morgan fingerprint density at radius 3 is 2.20 bits per heavy atom. The fraction of sp³-hybridized carbons (Fsp3) is 0.294. The first kappa shape index (κ1) is 14.9. The summed E-state index contributed by atoms with van der Waals surface area (Å²) in [6.45, 7) is 2.73. The lowest BCUT2D eigenvalue weighted by molar-refractivity contribution is 0.306. The molecule has 0 amide bonds. The largest absolute Gasteiger partial charge is 0.489 e. The van der Waals surface area contributed by atoms with Crippen LogP contribution < -0.4 is 10.1 Å². The standard InChI is InChI=1S/C17H20ClNO/c1-13(19-2)11-14-5-9-17(10-6-14)20-12-15-3-7-16(18)8-4-15/h3-10,13,19H,11-12H2,1-2H3. The van der Waals surface area contributed by atoms with Gasteiger partial charge in [0.2, 0.25) is 0 Å². The van der Waals surface area contributed by atoms with E-state index >= 15 is 0 Å². The topological polar surface area (TPSA) is 21.3 Å². The van der Waals surface area contributed by atoms with Crippen LogP contribution in [0.4, 0.5) is 0 Å². The summed E-state index contributed by atoms with van der Waals surface area (Å²) in [6.07, 6.45) is 1.02. The molecular formula is C17H20ClNO. The Kier molecular flexibility index (Phi) is 5.45. The molecule has 0 spiro atoms. The number of likely N-dealkylation sites (N-methyl/N-ethyl adjacent to an activating group) is 1. The first-order valence-electron chi connectivity index (χ1n) is 6.81. The second-order valence-electron chi connectivity index (χ2n) is 4.95. The molecule has 1 atom stereocenters. The third kappa shape index (κ3) is 4.55. The van der Waals surface area contributed by atoms with E-state index in [4.69, 9.17) is 16.3 Å². The highest BCUT2D eigenvalue weighted by Gasteiger charge is 2.01. The molecule has 0 aliphatic carbocycles. The molecule has 0 bridgehead atoms. The molecule has 1 unspecified atom stereocenters. The van der Waals surface area contributed by atoms with Crippen LogP contribution in [0.25, 0.3) is 0 Å². The zero-order valence-corrected chi connectivity index (χ0v) is 12.7. The number of benzene rings is 2. The van der Waals surface area contributed by atoms with Crippen molar-refractivity contribution in [3.05, 3.63) is 64.7 Å². The van der Waals surface area contributed by atoms with Crippen molar-refractivity contribution in [2.24, 2.45) is 0 Å². The van der Waals surface area contributed by atoms with Crippen molar-refractivity contribution in [1.82, 2.24) is 5.32 Å². The maximum atomic E-state index is 5.85. The van der Waals surface area contributed by atoms with Crippen LogP contribution >= 0.6 is 11.6 Å². The molecular weight excluding hydrogens is 270 g/mol. The number of ether oxygens (including phenoxy) is 1. The summed E-state index contributed by atoms with van der Waals surface area (Å²) in [6, 6.07) is 16.5. The van der Waals surface area contributed by atoms with Crippen LogP contribution in [-0.4, -0.2) is 13.1 Å². The maximum Gasteiger partial charge on any atom is 0.119 e. The van der Waals surface area contributed by atoms with E-state index in [1.54, 1.807) is 0 Å². The van der Waals surface area contributed by atoms with Gasteiger partial charge in [0.05, 0.1) is 0 Å². The van der Waals surface area contributed by atoms with E-state index in [-0.39, 0.29) is 0 Å². The Labute approximate surface area is 125 Å². The van der Waals surface area contributed by atoms with Gasteiger partial charge in [0.15, 0.2) is 0 Å². The molecule has 0 saturated carbocycles. The molecule has 0 radical (unpaired) electrons. The van der Waals surface area contributed by atoms with Crippen molar-refractivity contribution in [2.75, 3.05) is 7.05 Å². The summed E-state index contributed by atoms with van der Waals surface area (Å²) in [5.74, 6) is 0.890. The first-order chi connectivity index (χ1) is 9.67. The number of rotatable bonds is 6. The van der Waals surface area contributed by atoms with E-state index < -0.39 is 0 Å². The fourth-order valence-corrected chi connectivity index (χ4v) is 2.05. The van der Waals surface area contributed by atoms with Gasteiger partial charge in [-0.1, -0.05) is 35.9 Å². The van der Waals surface area contributed by atoms with Gasteiger partial charge in [-0.15, -0.1) is 0 Å². The van der Waals surface area contributed by atoms with Crippen molar-refractivity contribution in [2.45, 2.75) is 26.0 Å². The molecule has 2 aromatic carbocycles. The highest BCUT2D eigenvalue weighted by atomic mass is 35.5. The van der Waals surface area contributed by atoms with Crippen LogP contribution in [-0.2, 0) is 13.0 Å². The molecule has 2 nitrogen and oxygen atoms in total. The lowest BCUT2D eigenvalue weighted by Crippen LogP contribution is -2.23. The van der Waals surface area contributed by atoms with Gasteiger partial charge in [-0.05, 0) is 55.8 Å². The monoisotopic (exact) mass is 289 g/mol. The molecule has 0 saturated heterocycles. The quantitative estimate of drug-likeness (QED) is 0.865. The Morgan fingerprint density at radius 2 is 1.60 bits per heavy atom. The van der Waals surface area contributed by atoms with E-state index in [0.717, 1.165) is 22.8 Å². The van der Waals surface area contributed by atoms with Gasteiger partial charge in [-0.3, -0.25) is 0 Å². The van der Waals surface area contributed by atoms with Crippen LogP contribution in [0.2, 0.25) is 5.02 Å². The molecule has 1 N–H and O–H groups in total. The highest BCUT2D eigenvalue weighted by molar-refractivity contribution is 6.30. The predicted octanol–water partition coefficient (Wildman–Crippen LogP) is 4.07. The van der Waals surface area contributed by atoms with Gasteiger partial charge in [-0.2, -0.15) is 0 Å². The minimum Gasteiger partial charge on any atom is -0.489 e. The summed E-state index contributed by atoms with van der Waals surface area (Å²) in [5, 5.41) is 3.98. The zero-order chi connectivity index (χ0) is 14.4. The van der Waals surface area contributed by atoms with E-state index in [9.17, 15) is 0 Å². The molecule has 0 aliphatic heterocycles. The van der Waals surface area contributed by atoms with Gasteiger partial charge in [0.1, 0.15) is 12.4 Å². The number of halogens is 1. The molecule has 2 rings (SSSR count).